The molecule has 0 bridgehead atoms. The van der Waals surface area contributed by atoms with Crippen molar-refractivity contribution in [2.75, 3.05) is 11.9 Å². The number of carbonyl (C=O) groups excluding carboxylic acids is 1. The SMILES string of the molecule is O=C(COc1ccc2ccccc2c1C=Nn1c(C2CCCCC2)nc2ccc(Br)cc2c1=O)Nc1ccc(F)cc1. The number of benzene rings is 4. The van der Waals surface area contributed by atoms with E-state index < -0.39 is 5.91 Å². The summed E-state index contributed by atoms with van der Waals surface area (Å²) in [6.07, 6.45) is 6.88. The monoisotopic (exact) mass is 626 g/mol. The lowest BCUT2D eigenvalue weighted by molar-refractivity contribution is -0.118. The minimum atomic E-state index is -0.391. The van der Waals surface area contributed by atoms with Crippen molar-refractivity contribution in [1.29, 1.82) is 0 Å². The number of hydrogen-bond acceptors (Lipinski definition) is 5. The Kier molecular flexibility index (Phi) is 8.10. The van der Waals surface area contributed by atoms with Gasteiger partial charge in [0.05, 0.1) is 17.1 Å². The highest BCUT2D eigenvalue weighted by atomic mass is 79.9. The van der Waals surface area contributed by atoms with Gasteiger partial charge in [0.2, 0.25) is 0 Å². The first kappa shape index (κ1) is 27.8. The van der Waals surface area contributed by atoms with Crippen molar-refractivity contribution in [1.82, 2.24) is 9.66 Å². The van der Waals surface area contributed by atoms with Crippen LogP contribution < -0.4 is 15.6 Å². The lowest BCUT2D eigenvalue weighted by atomic mass is 9.88. The molecule has 0 aliphatic heterocycles. The Labute approximate surface area is 250 Å². The lowest BCUT2D eigenvalue weighted by Gasteiger charge is -2.23. The van der Waals surface area contributed by atoms with Gasteiger partial charge in [0, 0.05) is 21.6 Å². The summed E-state index contributed by atoms with van der Waals surface area (Å²) in [6.45, 7) is -0.268. The Morgan fingerprint density at radius 2 is 1.81 bits per heavy atom. The number of aromatic nitrogens is 2. The number of nitrogens with zero attached hydrogens (tertiary/aromatic N) is 3. The molecule has 6 rings (SSSR count). The zero-order chi connectivity index (χ0) is 29.1. The van der Waals surface area contributed by atoms with Gasteiger partial charge in [-0.15, -0.1) is 0 Å². The van der Waals surface area contributed by atoms with Crippen LogP contribution in [-0.2, 0) is 4.79 Å². The molecule has 0 atom stereocenters. The molecule has 1 fully saturated rings. The largest absolute Gasteiger partial charge is 0.483 e. The molecule has 4 aromatic carbocycles. The third kappa shape index (κ3) is 5.97. The summed E-state index contributed by atoms with van der Waals surface area (Å²) in [4.78, 5) is 31.3. The molecule has 1 heterocycles. The number of carbonyl (C=O) groups is 1. The van der Waals surface area contributed by atoms with Crippen LogP contribution in [0.5, 0.6) is 5.75 Å². The Hall–Kier alpha value is -4.37. The molecule has 9 heteroatoms. The molecule has 1 aromatic heterocycles. The summed E-state index contributed by atoms with van der Waals surface area (Å²) in [5, 5.41) is 9.74. The van der Waals surface area contributed by atoms with E-state index >= 15 is 0 Å². The maximum atomic E-state index is 13.8. The zero-order valence-corrected chi connectivity index (χ0v) is 24.3. The van der Waals surface area contributed by atoms with Crippen LogP contribution in [0.1, 0.15) is 49.4 Å². The van der Waals surface area contributed by atoms with Crippen LogP contribution >= 0.6 is 15.9 Å². The Morgan fingerprint density at radius 3 is 2.62 bits per heavy atom. The van der Waals surface area contributed by atoms with Gasteiger partial charge < -0.3 is 10.1 Å². The molecule has 5 aromatic rings. The van der Waals surface area contributed by atoms with Crippen molar-refractivity contribution in [2.45, 2.75) is 38.0 Å². The van der Waals surface area contributed by atoms with Gasteiger partial charge in [0.15, 0.2) is 6.61 Å². The zero-order valence-electron chi connectivity index (χ0n) is 22.7. The molecule has 1 N–H and O–H groups in total. The van der Waals surface area contributed by atoms with E-state index in [4.69, 9.17) is 14.8 Å². The van der Waals surface area contributed by atoms with Crippen LogP contribution in [0.4, 0.5) is 10.1 Å². The number of nitrogens with one attached hydrogen (secondary N) is 1. The third-order valence-electron chi connectivity index (χ3n) is 7.52. The summed E-state index contributed by atoms with van der Waals surface area (Å²) >= 11 is 3.47. The maximum absolute atomic E-state index is 13.8. The number of rotatable bonds is 7. The normalized spacial score (nSPS) is 14.0. The van der Waals surface area contributed by atoms with E-state index in [1.54, 1.807) is 18.3 Å². The molecule has 1 amide bonds. The first-order valence-electron chi connectivity index (χ1n) is 13.9. The average Bonchev–Trinajstić information content (AvgIpc) is 3.01. The number of fused-ring (bicyclic) bond motifs is 2. The van der Waals surface area contributed by atoms with Crippen molar-refractivity contribution < 1.29 is 13.9 Å². The van der Waals surface area contributed by atoms with E-state index in [2.05, 4.69) is 21.2 Å². The molecule has 1 aliphatic rings. The van der Waals surface area contributed by atoms with Gasteiger partial charge in [-0.1, -0.05) is 65.5 Å². The van der Waals surface area contributed by atoms with Crippen molar-refractivity contribution in [2.24, 2.45) is 5.10 Å². The third-order valence-corrected chi connectivity index (χ3v) is 8.02. The van der Waals surface area contributed by atoms with Crippen LogP contribution in [0.25, 0.3) is 21.7 Å². The first-order valence-corrected chi connectivity index (χ1v) is 14.7. The quantitative estimate of drug-likeness (QED) is 0.191. The second-order valence-electron chi connectivity index (χ2n) is 10.4. The van der Waals surface area contributed by atoms with Gasteiger partial charge in [-0.25, -0.2) is 9.37 Å². The standard InChI is InChI=1S/C33H28BrFN4O3/c34-23-11-16-29-27(18-23)33(41)39(32(38-29)22-7-2-1-3-8-22)36-19-28-26-9-5-4-6-21(26)10-17-30(28)42-20-31(40)37-25-14-12-24(35)13-15-25/h4-6,9-19,22H,1-3,7-8,20H2,(H,37,40). The van der Waals surface area contributed by atoms with Gasteiger partial charge in [-0.3, -0.25) is 9.59 Å². The fraction of sp³-hybridized carbons (Fsp3) is 0.212. The second-order valence-corrected chi connectivity index (χ2v) is 11.3. The van der Waals surface area contributed by atoms with Crippen molar-refractivity contribution in [3.63, 3.8) is 0 Å². The van der Waals surface area contributed by atoms with Crippen LogP contribution in [0.3, 0.4) is 0 Å². The average molecular weight is 628 g/mol. The lowest BCUT2D eigenvalue weighted by Crippen LogP contribution is -2.25. The van der Waals surface area contributed by atoms with Gasteiger partial charge in [0.25, 0.3) is 11.5 Å². The summed E-state index contributed by atoms with van der Waals surface area (Å²) in [6, 6.07) is 22.5. The highest BCUT2D eigenvalue weighted by molar-refractivity contribution is 9.10. The van der Waals surface area contributed by atoms with E-state index in [0.29, 0.717) is 33.7 Å². The number of anilines is 1. The van der Waals surface area contributed by atoms with Crippen molar-refractivity contribution in [3.8, 4) is 5.75 Å². The second kappa shape index (κ2) is 12.2. The predicted octanol–water partition coefficient (Wildman–Crippen LogP) is 7.40. The molecular formula is C33H28BrFN4O3. The topological polar surface area (TPSA) is 85.6 Å². The molecule has 0 unspecified atom stereocenters. The molecule has 1 saturated carbocycles. The summed E-state index contributed by atoms with van der Waals surface area (Å²) in [5.41, 5.74) is 1.52. The maximum Gasteiger partial charge on any atom is 0.282 e. The van der Waals surface area contributed by atoms with Gasteiger partial charge >= 0.3 is 0 Å². The molecule has 7 nitrogen and oxygen atoms in total. The van der Waals surface area contributed by atoms with Crippen molar-refractivity contribution in [3.05, 3.63) is 111 Å². The number of hydrogen-bond donors (Lipinski definition) is 1. The van der Waals surface area contributed by atoms with E-state index in [9.17, 15) is 14.0 Å². The molecule has 0 spiro atoms. The molecule has 42 heavy (non-hydrogen) atoms. The predicted molar refractivity (Wildman–Crippen MR) is 167 cm³/mol. The minimum Gasteiger partial charge on any atom is -0.483 e. The van der Waals surface area contributed by atoms with Crippen molar-refractivity contribution >= 4 is 55.4 Å². The Balaban J connectivity index is 1.38. The molecule has 212 valence electrons. The molecule has 0 radical (unpaired) electrons. The number of halogens is 2. The van der Waals surface area contributed by atoms with Crippen LogP contribution in [0.15, 0.2) is 93.2 Å². The number of ether oxygens (including phenoxy) is 1. The van der Waals surface area contributed by atoms with E-state index in [0.717, 1.165) is 40.9 Å². The van der Waals surface area contributed by atoms with Gasteiger partial charge in [0.1, 0.15) is 17.4 Å². The Morgan fingerprint density at radius 1 is 1.02 bits per heavy atom. The fourth-order valence-corrected chi connectivity index (χ4v) is 5.79. The van der Waals surface area contributed by atoms with E-state index in [1.165, 1.54) is 35.4 Å². The van der Waals surface area contributed by atoms with E-state index in [1.807, 2.05) is 42.5 Å². The smallest absolute Gasteiger partial charge is 0.282 e. The summed E-state index contributed by atoms with van der Waals surface area (Å²) in [7, 11) is 0. The van der Waals surface area contributed by atoms with Crippen LogP contribution in [0.2, 0.25) is 0 Å². The number of amides is 1. The van der Waals surface area contributed by atoms with Crippen LogP contribution in [-0.4, -0.2) is 28.4 Å². The highest BCUT2D eigenvalue weighted by Crippen LogP contribution is 2.32. The fourth-order valence-electron chi connectivity index (χ4n) is 5.43. The van der Waals surface area contributed by atoms with Gasteiger partial charge in [-0.05, 0) is 72.1 Å². The highest BCUT2D eigenvalue weighted by Gasteiger charge is 2.23. The Bertz CT molecular complexity index is 1860. The van der Waals surface area contributed by atoms with Gasteiger partial charge in [-0.2, -0.15) is 9.78 Å². The molecule has 1 aliphatic carbocycles. The summed E-state index contributed by atoms with van der Waals surface area (Å²) in [5.74, 6) is 0.458. The molecular weight excluding hydrogens is 599 g/mol. The molecule has 0 saturated heterocycles. The summed E-state index contributed by atoms with van der Waals surface area (Å²) < 4.78 is 21.4. The first-order chi connectivity index (χ1) is 20.5. The van der Waals surface area contributed by atoms with Crippen LogP contribution in [0, 0.1) is 5.82 Å². The van der Waals surface area contributed by atoms with E-state index in [-0.39, 0.29) is 23.9 Å². The minimum absolute atomic E-state index is 0.134.